The van der Waals surface area contributed by atoms with Gasteiger partial charge in [0.2, 0.25) is 0 Å². The first-order valence-electron chi connectivity index (χ1n) is 10.1. The summed E-state index contributed by atoms with van der Waals surface area (Å²) >= 11 is 0. The van der Waals surface area contributed by atoms with Crippen molar-refractivity contribution in [2.24, 2.45) is 0 Å². The minimum absolute atomic E-state index is 0.264. The molecule has 4 rings (SSSR count). The highest BCUT2D eigenvalue weighted by Gasteiger charge is 2.45. The molecule has 0 bridgehead atoms. The molecule has 5 atom stereocenters. The summed E-state index contributed by atoms with van der Waals surface area (Å²) in [6, 6.07) is 12.8. The van der Waals surface area contributed by atoms with Gasteiger partial charge in [-0.2, -0.15) is 4.89 Å². The second-order valence-electron chi connectivity index (χ2n) is 7.41. The van der Waals surface area contributed by atoms with Gasteiger partial charge in [-0.3, -0.25) is 0 Å². The number of para-hydroxylation sites is 1. The molecule has 0 radical (unpaired) electrons. The van der Waals surface area contributed by atoms with Crippen molar-refractivity contribution in [3.05, 3.63) is 48.0 Å². The summed E-state index contributed by atoms with van der Waals surface area (Å²) in [6.45, 7) is -0.0564. The lowest BCUT2D eigenvalue weighted by atomic mass is 9.99. The highest BCUT2D eigenvalue weighted by atomic mass is 17.2. The van der Waals surface area contributed by atoms with Crippen LogP contribution in [0.25, 0.3) is 11.0 Å². The molecule has 1 aliphatic rings. The van der Waals surface area contributed by atoms with Crippen LogP contribution in [0.2, 0.25) is 0 Å². The number of hydrogen-bond acceptors (Lipinski definition) is 10. The predicted molar refractivity (Wildman–Crippen MR) is 110 cm³/mol. The standard InChI is InChI=1S/C21H25N3O8/c1-29-13-7-5-12(6-8-13)9-10-24-17-14(22-23-24)3-2-4-15(17)31-32-20-19(27)18(26)16(11-25)30-21(20)28/h2-8,16,18-21,25-28H,9-11H2,1H3/t16-,18-,19+,20-,21-/m1/s1. The molecule has 11 heteroatoms. The molecule has 1 saturated heterocycles. The summed E-state index contributed by atoms with van der Waals surface area (Å²) in [5, 5.41) is 47.8. The molecular weight excluding hydrogens is 422 g/mol. The molecule has 32 heavy (non-hydrogen) atoms. The normalized spacial score (nSPS) is 25.7. The quantitative estimate of drug-likeness (QED) is 0.270. The molecule has 0 amide bonds. The first kappa shape index (κ1) is 22.4. The topological polar surface area (TPSA) is 149 Å². The lowest BCUT2D eigenvalue weighted by molar-refractivity contribution is -0.364. The first-order chi connectivity index (χ1) is 15.5. The van der Waals surface area contributed by atoms with E-state index in [0.717, 1.165) is 11.3 Å². The van der Waals surface area contributed by atoms with E-state index in [1.165, 1.54) is 0 Å². The number of benzene rings is 2. The summed E-state index contributed by atoms with van der Waals surface area (Å²) in [4.78, 5) is 10.6. The maximum absolute atomic E-state index is 10.2. The van der Waals surface area contributed by atoms with Gasteiger partial charge in [0.1, 0.15) is 35.1 Å². The summed E-state index contributed by atoms with van der Waals surface area (Å²) in [7, 11) is 1.61. The van der Waals surface area contributed by atoms with Crippen molar-refractivity contribution in [2.45, 2.75) is 43.7 Å². The molecule has 1 aliphatic heterocycles. The zero-order valence-corrected chi connectivity index (χ0v) is 17.3. The Bertz CT molecular complexity index is 1030. The van der Waals surface area contributed by atoms with Gasteiger partial charge in [0.25, 0.3) is 0 Å². The molecule has 1 fully saturated rings. The van der Waals surface area contributed by atoms with E-state index >= 15 is 0 Å². The highest BCUT2D eigenvalue weighted by molar-refractivity contribution is 5.81. The molecule has 11 nitrogen and oxygen atoms in total. The maximum Gasteiger partial charge on any atom is 0.192 e. The Morgan fingerprint density at radius 1 is 1.06 bits per heavy atom. The molecule has 0 unspecified atom stereocenters. The van der Waals surface area contributed by atoms with Crippen LogP contribution in [0.15, 0.2) is 42.5 Å². The number of fused-ring (bicyclic) bond motifs is 1. The van der Waals surface area contributed by atoms with Gasteiger partial charge in [-0.15, -0.1) is 5.10 Å². The molecule has 2 aromatic carbocycles. The molecule has 2 heterocycles. The van der Waals surface area contributed by atoms with Crippen LogP contribution in [0.5, 0.6) is 11.5 Å². The molecule has 0 spiro atoms. The molecule has 3 aromatic rings. The Morgan fingerprint density at radius 3 is 2.56 bits per heavy atom. The fraction of sp³-hybridized carbons (Fsp3) is 0.429. The van der Waals surface area contributed by atoms with E-state index in [0.29, 0.717) is 24.0 Å². The summed E-state index contributed by atoms with van der Waals surface area (Å²) in [6.07, 6.45) is -6.44. The Hall–Kier alpha value is -2.80. The number of aliphatic hydroxyl groups excluding tert-OH is 4. The van der Waals surface area contributed by atoms with Gasteiger partial charge in [-0.25, -0.2) is 4.68 Å². The number of aliphatic hydroxyl groups is 4. The average molecular weight is 447 g/mol. The largest absolute Gasteiger partial charge is 0.497 e. The van der Waals surface area contributed by atoms with Gasteiger partial charge in [-0.05, 0) is 36.2 Å². The van der Waals surface area contributed by atoms with Crippen molar-refractivity contribution in [3.63, 3.8) is 0 Å². The summed E-state index contributed by atoms with van der Waals surface area (Å²) < 4.78 is 11.9. The van der Waals surface area contributed by atoms with Crippen LogP contribution < -0.4 is 9.62 Å². The van der Waals surface area contributed by atoms with Gasteiger partial charge in [0.05, 0.1) is 13.7 Å². The number of nitrogens with zero attached hydrogens (tertiary/aromatic N) is 3. The zero-order valence-electron chi connectivity index (χ0n) is 17.3. The Morgan fingerprint density at radius 2 is 1.84 bits per heavy atom. The lowest BCUT2D eigenvalue weighted by Gasteiger charge is -2.38. The Labute approximate surface area is 183 Å². The van der Waals surface area contributed by atoms with E-state index in [4.69, 9.17) is 19.2 Å². The second-order valence-corrected chi connectivity index (χ2v) is 7.41. The molecule has 0 aliphatic carbocycles. The first-order valence-corrected chi connectivity index (χ1v) is 10.1. The highest BCUT2D eigenvalue weighted by Crippen LogP contribution is 2.27. The number of methoxy groups -OCH3 is 1. The average Bonchev–Trinajstić information content (AvgIpc) is 3.24. The third kappa shape index (κ3) is 4.53. The molecule has 0 saturated carbocycles. The van der Waals surface area contributed by atoms with Crippen LogP contribution in [0.1, 0.15) is 5.56 Å². The van der Waals surface area contributed by atoms with Crippen LogP contribution in [0, 0.1) is 0 Å². The van der Waals surface area contributed by atoms with Gasteiger partial charge >= 0.3 is 0 Å². The summed E-state index contributed by atoms with van der Waals surface area (Å²) in [5.41, 5.74) is 2.22. The van der Waals surface area contributed by atoms with Crippen molar-refractivity contribution in [2.75, 3.05) is 13.7 Å². The van der Waals surface area contributed by atoms with Crippen LogP contribution in [-0.2, 0) is 22.6 Å². The number of rotatable bonds is 8. The number of aromatic nitrogens is 3. The molecule has 1 aromatic heterocycles. The fourth-order valence-electron chi connectivity index (χ4n) is 3.53. The zero-order chi connectivity index (χ0) is 22.7. The van der Waals surface area contributed by atoms with Gasteiger partial charge in [0.15, 0.2) is 18.1 Å². The number of aryl methyl sites for hydroxylation is 2. The van der Waals surface area contributed by atoms with Crippen molar-refractivity contribution >= 4 is 11.0 Å². The van der Waals surface area contributed by atoms with Crippen LogP contribution in [0.4, 0.5) is 0 Å². The van der Waals surface area contributed by atoms with E-state index in [1.54, 1.807) is 30.0 Å². The van der Waals surface area contributed by atoms with Gasteiger partial charge < -0.3 is 34.8 Å². The van der Waals surface area contributed by atoms with Crippen LogP contribution >= 0.6 is 0 Å². The summed E-state index contributed by atoms with van der Waals surface area (Å²) in [5.74, 6) is 1.04. The van der Waals surface area contributed by atoms with E-state index in [1.807, 2.05) is 24.3 Å². The molecule has 172 valence electrons. The predicted octanol–water partition coefficient (Wildman–Crippen LogP) is -0.207. The minimum atomic E-state index is -1.61. The van der Waals surface area contributed by atoms with Crippen LogP contribution in [-0.4, -0.2) is 79.8 Å². The van der Waals surface area contributed by atoms with Gasteiger partial charge in [0, 0.05) is 6.54 Å². The van der Waals surface area contributed by atoms with Crippen molar-refractivity contribution in [3.8, 4) is 11.5 Å². The van der Waals surface area contributed by atoms with Crippen LogP contribution in [0.3, 0.4) is 0 Å². The van der Waals surface area contributed by atoms with E-state index < -0.39 is 37.3 Å². The Balaban J connectivity index is 1.48. The van der Waals surface area contributed by atoms with Crippen molar-refractivity contribution in [1.29, 1.82) is 0 Å². The Kier molecular flexibility index (Phi) is 6.84. The van der Waals surface area contributed by atoms with Crippen molar-refractivity contribution in [1.82, 2.24) is 15.0 Å². The smallest absolute Gasteiger partial charge is 0.192 e. The third-order valence-corrected chi connectivity index (χ3v) is 5.36. The van der Waals surface area contributed by atoms with E-state index in [2.05, 4.69) is 10.3 Å². The van der Waals surface area contributed by atoms with E-state index in [9.17, 15) is 20.4 Å². The third-order valence-electron chi connectivity index (χ3n) is 5.36. The number of hydrogen-bond donors (Lipinski definition) is 4. The van der Waals surface area contributed by atoms with Gasteiger partial charge in [-0.1, -0.05) is 23.4 Å². The fourth-order valence-corrected chi connectivity index (χ4v) is 3.53. The maximum atomic E-state index is 10.2. The monoisotopic (exact) mass is 447 g/mol. The molecule has 4 N–H and O–H groups in total. The SMILES string of the molecule is COc1ccc(CCn2nnc3cccc(OO[C@@H]4[C@@H](O)[C@H](O)[C@@H](CO)O[C@H]4O)c32)cc1. The minimum Gasteiger partial charge on any atom is -0.497 e. The number of ether oxygens (including phenoxy) is 2. The second kappa shape index (κ2) is 9.77. The lowest BCUT2D eigenvalue weighted by Crippen LogP contribution is -2.59. The van der Waals surface area contributed by atoms with Crippen molar-refractivity contribution < 1.29 is 39.7 Å². The van der Waals surface area contributed by atoms with E-state index in [-0.39, 0.29) is 5.75 Å². The molecular formula is C21H25N3O8.